The molecule has 0 aliphatic rings. The highest BCUT2D eigenvalue weighted by atomic mass is 19.4. The third-order valence-corrected chi connectivity index (χ3v) is 1.80. The largest absolute Gasteiger partial charge is 0.493 e. The van der Waals surface area contributed by atoms with Gasteiger partial charge in [-0.1, -0.05) is 18.7 Å². The van der Waals surface area contributed by atoms with E-state index >= 15 is 0 Å². The van der Waals surface area contributed by atoms with Crippen LogP contribution in [0.1, 0.15) is 18.1 Å². The predicted molar refractivity (Wildman–Crippen MR) is 50.6 cm³/mol. The van der Waals surface area contributed by atoms with E-state index in [0.717, 1.165) is 0 Å². The fraction of sp³-hybridized carbons (Fsp3) is 0.273. The van der Waals surface area contributed by atoms with Crippen LogP contribution in [0.3, 0.4) is 0 Å². The Labute approximate surface area is 86.2 Å². The minimum Gasteiger partial charge on any atom is -0.493 e. The van der Waals surface area contributed by atoms with E-state index < -0.39 is 11.7 Å². The molecule has 1 nitrogen and oxygen atoms in total. The van der Waals surface area contributed by atoms with Crippen LogP contribution < -0.4 is 4.74 Å². The van der Waals surface area contributed by atoms with Crippen LogP contribution in [-0.2, 0) is 6.18 Å². The zero-order chi connectivity index (χ0) is 11.5. The smallest absolute Gasteiger partial charge is 0.420 e. The maximum Gasteiger partial charge on any atom is 0.420 e. The van der Waals surface area contributed by atoms with Gasteiger partial charge in [0.2, 0.25) is 0 Å². The van der Waals surface area contributed by atoms with Crippen LogP contribution in [0.5, 0.6) is 5.75 Å². The van der Waals surface area contributed by atoms with E-state index in [1.165, 1.54) is 18.2 Å². The first-order chi connectivity index (χ1) is 7.00. The Morgan fingerprint density at radius 1 is 1.40 bits per heavy atom. The lowest BCUT2D eigenvalue weighted by atomic mass is 10.1. The molecule has 0 bridgehead atoms. The first-order valence-corrected chi connectivity index (χ1v) is 4.36. The Bertz CT molecular complexity index is 355. The van der Waals surface area contributed by atoms with Crippen molar-refractivity contribution in [3.05, 3.63) is 42.0 Å². The monoisotopic (exact) mass is 215 g/mol. The zero-order valence-electron chi connectivity index (χ0n) is 8.19. The lowest BCUT2D eigenvalue weighted by molar-refractivity contribution is -0.139. The quantitative estimate of drug-likeness (QED) is 0.750. The number of hydrogen-bond acceptors (Lipinski definition) is 1. The van der Waals surface area contributed by atoms with Gasteiger partial charge < -0.3 is 4.74 Å². The lowest BCUT2D eigenvalue weighted by Crippen LogP contribution is -2.11. The van der Waals surface area contributed by atoms with E-state index in [1.54, 1.807) is 6.92 Å². The number of rotatable bonds is 3. The van der Waals surface area contributed by atoms with Gasteiger partial charge in [-0.2, -0.15) is 13.2 Å². The molecule has 15 heavy (non-hydrogen) atoms. The summed E-state index contributed by atoms with van der Waals surface area (Å²) >= 11 is 0. The Morgan fingerprint density at radius 2 is 2.07 bits per heavy atom. The van der Waals surface area contributed by atoms with E-state index in [1.807, 2.05) is 0 Å². The van der Waals surface area contributed by atoms with Crippen LogP contribution in [0.25, 0.3) is 0 Å². The highest BCUT2D eigenvalue weighted by Gasteiger charge is 2.36. The molecule has 0 aliphatic carbocycles. The van der Waals surface area contributed by atoms with Gasteiger partial charge in [-0.3, -0.25) is 0 Å². The number of hydrogen-bond donors (Lipinski definition) is 0. The van der Waals surface area contributed by atoms with Crippen molar-refractivity contribution in [2.24, 2.45) is 0 Å². The standard InChI is InChI=1S/C11H10F3O/c1-3-8-6-5-7-9(15-4-2)10(8)11(12,13)14/h5-7H,1,4H2,2H3. The molecule has 0 saturated carbocycles. The minimum absolute atomic E-state index is 0.0894. The van der Waals surface area contributed by atoms with Crippen molar-refractivity contribution in [1.29, 1.82) is 0 Å². The molecule has 0 aliphatic heterocycles. The Balaban J connectivity index is 3.33. The van der Waals surface area contributed by atoms with E-state index in [2.05, 4.69) is 12.7 Å². The number of alkyl halides is 3. The summed E-state index contributed by atoms with van der Waals surface area (Å²) in [4.78, 5) is 0. The van der Waals surface area contributed by atoms with Gasteiger partial charge in [0.15, 0.2) is 0 Å². The molecule has 81 valence electrons. The first kappa shape index (κ1) is 11.6. The minimum atomic E-state index is -4.45. The maximum absolute atomic E-state index is 12.7. The summed E-state index contributed by atoms with van der Waals surface area (Å²) in [6, 6.07) is 4.07. The molecule has 0 amide bonds. The molecule has 4 heteroatoms. The van der Waals surface area contributed by atoms with Crippen LogP contribution >= 0.6 is 0 Å². The van der Waals surface area contributed by atoms with Crippen LogP contribution in [-0.4, -0.2) is 6.61 Å². The molecule has 0 saturated heterocycles. The molecule has 1 rings (SSSR count). The van der Waals surface area contributed by atoms with Crippen molar-refractivity contribution in [2.75, 3.05) is 6.61 Å². The van der Waals surface area contributed by atoms with Gasteiger partial charge in [-0.15, -0.1) is 0 Å². The summed E-state index contributed by atoms with van der Waals surface area (Å²) in [7, 11) is 0. The van der Waals surface area contributed by atoms with Crippen molar-refractivity contribution in [3.63, 3.8) is 0 Å². The number of halogens is 3. The zero-order valence-corrected chi connectivity index (χ0v) is 8.19. The second-order valence-electron chi connectivity index (χ2n) is 2.79. The molecule has 0 unspecified atom stereocenters. The van der Waals surface area contributed by atoms with Crippen LogP contribution in [0.4, 0.5) is 13.2 Å². The summed E-state index contributed by atoms with van der Waals surface area (Å²) in [5.74, 6) is -0.182. The average Bonchev–Trinajstić information content (AvgIpc) is 2.16. The molecular formula is C11H10F3O. The van der Waals surface area contributed by atoms with E-state index in [-0.39, 0.29) is 17.9 Å². The highest BCUT2D eigenvalue weighted by molar-refractivity contribution is 5.44. The SMILES string of the molecule is C=[C]c1cccc(OCC)c1C(F)(F)F. The van der Waals surface area contributed by atoms with Crippen LogP contribution in [0.15, 0.2) is 24.8 Å². The maximum atomic E-state index is 12.7. The normalized spacial score (nSPS) is 11.2. The van der Waals surface area contributed by atoms with Crippen LogP contribution in [0, 0.1) is 6.08 Å². The highest BCUT2D eigenvalue weighted by Crippen LogP contribution is 2.38. The molecular weight excluding hydrogens is 205 g/mol. The third-order valence-electron chi connectivity index (χ3n) is 1.80. The molecule has 0 atom stereocenters. The van der Waals surface area contributed by atoms with Crippen molar-refractivity contribution in [3.8, 4) is 5.75 Å². The molecule has 1 radical (unpaired) electrons. The Kier molecular flexibility index (Phi) is 3.39. The molecule has 1 aromatic carbocycles. The third kappa shape index (κ3) is 2.52. The molecule has 0 fully saturated rings. The van der Waals surface area contributed by atoms with Gasteiger partial charge >= 0.3 is 6.18 Å². The second kappa shape index (κ2) is 4.38. The average molecular weight is 215 g/mol. The predicted octanol–water partition coefficient (Wildman–Crippen LogP) is 3.44. The summed E-state index contributed by atoms with van der Waals surface area (Å²) in [6.07, 6.45) is -2.20. The Hall–Kier alpha value is -1.45. The van der Waals surface area contributed by atoms with Crippen molar-refractivity contribution >= 4 is 0 Å². The van der Waals surface area contributed by atoms with Gasteiger partial charge in [0.25, 0.3) is 0 Å². The fourth-order valence-electron chi connectivity index (χ4n) is 1.25. The molecule has 0 spiro atoms. The van der Waals surface area contributed by atoms with E-state index in [4.69, 9.17) is 4.74 Å². The van der Waals surface area contributed by atoms with E-state index in [0.29, 0.717) is 0 Å². The fourth-order valence-corrected chi connectivity index (χ4v) is 1.25. The van der Waals surface area contributed by atoms with Crippen molar-refractivity contribution in [2.45, 2.75) is 13.1 Å². The summed E-state index contributed by atoms with van der Waals surface area (Å²) in [5, 5.41) is 0. The van der Waals surface area contributed by atoms with Gasteiger partial charge in [-0.05, 0) is 24.6 Å². The molecule has 0 heterocycles. The van der Waals surface area contributed by atoms with Gasteiger partial charge in [0.1, 0.15) is 11.3 Å². The lowest BCUT2D eigenvalue weighted by Gasteiger charge is -2.15. The second-order valence-corrected chi connectivity index (χ2v) is 2.79. The molecule has 0 aromatic heterocycles. The van der Waals surface area contributed by atoms with Gasteiger partial charge in [0, 0.05) is 0 Å². The van der Waals surface area contributed by atoms with Crippen LogP contribution in [0.2, 0.25) is 0 Å². The van der Waals surface area contributed by atoms with Gasteiger partial charge in [-0.25, -0.2) is 0 Å². The van der Waals surface area contributed by atoms with Crippen molar-refractivity contribution < 1.29 is 17.9 Å². The first-order valence-electron chi connectivity index (χ1n) is 4.36. The molecule has 0 N–H and O–H groups in total. The summed E-state index contributed by atoms with van der Waals surface area (Å²) in [6.45, 7) is 5.04. The number of ether oxygens (including phenoxy) is 1. The Morgan fingerprint density at radius 3 is 2.53 bits per heavy atom. The summed E-state index contributed by atoms with van der Waals surface area (Å²) in [5.41, 5.74) is -0.907. The number of benzene rings is 1. The van der Waals surface area contributed by atoms with Crippen molar-refractivity contribution in [1.82, 2.24) is 0 Å². The molecule has 1 aromatic rings. The topological polar surface area (TPSA) is 9.23 Å². The van der Waals surface area contributed by atoms with Gasteiger partial charge in [0.05, 0.1) is 6.61 Å². The van der Waals surface area contributed by atoms with E-state index in [9.17, 15) is 13.2 Å². The summed E-state index contributed by atoms with van der Waals surface area (Å²) < 4.78 is 42.9.